The van der Waals surface area contributed by atoms with E-state index in [1.807, 2.05) is 18.2 Å². The molecule has 0 aliphatic carbocycles. The van der Waals surface area contributed by atoms with Crippen molar-refractivity contribution in [2.24, 2.45) is 0 Å². The monoisotopic (exact) mass is 220 g/mol. The van der Waals surface area contributed by atoms with Gasteiger partial charge in [-0.2, -0.15) is 0 Å². The lowest BCUT2D eigenvalue weighted by atomic mass is 10.2. The van der Waals surface area contributed by atoms with E-state index in [9.17, 15) is 4.79 Å². The Kier molecular flexibility index (Phi) is 2.73. The lowest BCUT2D eigenvalue weighted by Gasteiger charge is -1.94. The van der Waals surface area contributed by atoms with E-state index in [-0.39, 0.29) is 5.01 Å². The van der Waals surface area contributed by atoms with Crippen LogP contribution in [0.15, 0.2) is 30.6 Å². The van der Waals surface area contributed by atoms with Crippen molar-refractivity contribution in [1.29, 1.82) is 0 Å². The van der Waals surface area contributed by atoms with Crippen LogP contribution in [0.5, 0.6) is 0 Å². The molecule has 0 aliphatic heterocycles. The highest BCUT2D eigenvalue weighted by Gasteiger charge is 2.09. The number of rotatable bonds is 3. The Balaban J connectivity index is 2.15. The molecule has 2 rings (SSSR count). The predicted octanol–water partition coefficient (Wildman–Crippen LogP) is 1.83. The molecule has 0 spiro atoms. The molecule has 0 radical (unpaired) electrons. The Morgan fingerprint density at radius 2 is 2.27 bits per heavy atom. The first-order chi connectivity index (χ1) is 7.25. The van der Waals surface area contributed by atoms with E-state index in [1.165, 1.54) is 11.3 Å². The third kappa shape index (κ3) is 2.38. The molecule has 0 saturated heterocycles. The van der Waals surface area contributed by atoms with E-state index in [0.29, 0.717) is 6.42 Å². The van der Waals surface area contributed by atoms with Crippen molar-refractivity contribution in [1.82, 2.24) is 9.97 Å². The average molecular weight is 220 g/mol. The van der Waals surface area contributed by atoms with Crippen LogP contribution < -0.4 is 0 Å². The maximum Gasteiger partial charge on any atom is 0.365 e. The lowest BCUT2D eigenvalue weighted by Crippen LogP contribution is -1.92. The lowest BCUT2D eigenvalue weighted by molar-refractivity contribution is 0.0696. The zero-order valence-electron chi connectivity index (χ0n) is 7.75. The summed E-state index contributed by atoms with van der Waals surface area (Å²) in [6.45, 7) is 0. The summed E-state index contributed by atoms with van der Waals surface area (Å²) in [6, 6.07) is 5.65. The highest BCUT2D eigenvalue weighted by molar-refractivity contribution is 7.13. The van der Waals surface area contributed by atoms with Crippen molar-refractivity contribution < 1.29 is 9.90 Å². The molecular weight excluding hydrogens is 212 g/mol. The fraction of sp³-hybridized carbons (Fsp3) is 0.100. The summed E-state index contributed by atoms with van der Waals surface area (Å²) in [7, 11) is 0. The van der Waals surface area contributed by atoms with Gasteiger partial charge in [-0.3, -0.25) is 4.98 Å². The topological polar surface area (TPSA) is 63.1 Å². The summed E-state index contributed by atoms with van der Waals surface area (Å²) in [4.78, 5) is 19.5. The predicted molar refractivity (Wildman–Crippen MR) is 56.1 cm³/mol. The maximum absolute atomic E-state index is 10.6. The summed E-state index contributed by atoms with van der Waals surface area (Å²) < 4.78 is 0. The van der Waals surface area contributed by atoms with Gasteiger partial charge in [0.1, 0.15) is 0 Å². The second kappa shape index (κ2) is 4.18. The fourth-order valence-corrected chi connectivity index (χ4v) is 1.94. The molecule has 0 saturated carbocycles. The van der Waals surface area contributed by atoms with E-state index in [2.05, 4.69) is 9.97 Å². The van der Waals surface area contributed by atoms with Crippen molar-refractivity contribution in [2.45, 2.75) is 6.42 Å². The number of aromatic carboxylic acids is 1. The molecule has 76 valence electrons. The summed E-state index contributed by atoms with van der Waals surface area (Å²) in [6.07, 6.45) is 3.93. The number of aromatic nitrogens is 2. The van der Waals surface area contributed by atoms with Crippen LogP contribution in [0.25, 0.3) is 0 Å². The second-order valence-corrected chi connectivity index (χ2v) is 4.05. The van der Waals surface area contributed by atoms with Crippen LogP contribution in [0.4, 0.5) is 0 Å². The summed E-state index contributed by atoms with van der Waals surface area (Å²) in [5, 5.41) is 8.82. The summed E-state index contributed by atoms with van der Waals surface area (Å²) >= 11 is 1.19. The molecule has 2 aromatic rings. The molecule has 4 nitrogen and oxygen atoms in total. The van der Waals surface area contributed by atoms with Gasteiger partial charge in [-0.15, -0.1) is 11.3 Å². The molecule has 0 bridgehead atoms. The molecule has 15 heavy (non-hydrogen) atoms. The van der Waals surface area contributed by atoms with Gasteiger partial charge >= 0.3 is 5.97 Å². The van der Waals surface area contributed by atoms with Gasteiger partial charge in [0, 0.05) is 29.4 Å². The number of hydrogen-bond acceptors (Lipinski definition) is 4. The van der Waals surface area contributed by atoms with Crippen LogP contribution in [0, 0.1) is 0 Å². The molecule has 1 N–H and O–H groups in total. The normalized spacial score (nSPS) is 10.1. The second-order valence-electron chi connectivity index (χ2n) is 2.93. The number of carboxylic acids is 1. The molecule has 2 aromatic heterocycles. The third-order valence-corrected chi connectivity index (χ3v) is 2.80. The minimum atomic E-state index is -0.979. The zero-order valence-corrected chi connectivity index (χ0v) is 8.57. The molecular formula is C10H8N2O2S. The van der Waals surface area contributed by atoms with Crippen molar-refractivity contribution in [2.75, 3.05) is 0 Å². The smallest absolute Gasteiger partial charge is 0.365 e. The van der Waals surface area contributed by atoms with Gasteiger partial charge in [0.05, 0.1) is 0 Å². The number of carbonyl (C=O) groups is 1. The molecule has 0 atom stereocenters. The van der Waals surface area contributed by atoms with Gasteiger partial charge in [0.25, 0.3) is 0 Å². The number of hydrogen-bond donors (Lipinski definition) is 1. The van der Waals surface area contributed by atoms with Crippen LogP contribution in [-0.2, 0) is 6.42 Å². The Morgan fingerprint density at radius 1 is 1.40 bits per heavy atom. The summed E-state index contributed by atoms with van der Waals surface area (Å²) in [5.74, 6) is -0.979. The molecule has 5 heteroatoms. The number of thiazole rings is 1. The molecule has 0 aliphatic rings. The van der Waals surface area contributed by atoms with Crippen molar-refractivity contribution >= 4 is 17.3 Å². The first-order valence-corrected chi connectivity index (χ1v) is 5.15. The van der Waals surface area contributed by atoms with Crippen LogP contribution >= 0.6 is 11.3 Å². The van der Waals surface area contributed by atoms with Crippen molar-refractivity contribution in [3.8, 4) is 0 Å². The maximum atomic E-state index is 10.6. The van der Waals surface area contributed by atoms with Gasteiger partial charge in [-0.1, -0.05) is 6.07 Å². The molecule has 0 fully saturated rings. The van der Waals surface area contributed by atoms with Crippen LogP contribution in [0.2, 0.25) is 0 Å². The molecule has 0 aromatic carbocycles. The number of carboxylic acid groups (broad SMARTS) is 1. The molecule has 0 unspecified atom stereocenters. The SMILES string of the molecule is O=C(O)c1ncc(Cc2ccccn2)s1. The Bertz CT molecular complexity index is 467. The van der Waals surface area contributed by atoms with Crippen LogP contribution in [0.3, 0.4) is 0 Å². The van der Waals surface area contributed by atoms with Crippen LogP contribution in [-0.4, -0.2) is 21.0 Å². The molecule has 0 amide bonds. The highest BCUT2D eigenvalue weighted by Crippen LogP contribution is 2.15. The largest absolute Gasteiger partial charge is 0.476 e. The van der Waals surface area contributed by atoms with Gasteiger partial charge in [0.2, 0.25) is 5.01 Å². The molecule has 2 heterocycles. The Labute approximate surface area is 90.3 Å². The van der Waals surface area contributed by atoms with E-state index in [4.69, 9.17) is 5.11 Å². The van der Waals surface area contributed by atoms with E-state index >= 15 is 0 Å². The third-order valence-electron chi connectivity index (χ3n) is 1.82. The zero-order chi connectivity index (χ0) is 10.7. The number of nitrogens with zero attached hydrogens (tertiary/aromatic N) is 2. The van der Waals surface area contributed by atoms with Gasteiger partial charge in [-0.05, 0) is 12.1 Å². The van der Waals surface area contributed by atoms with E-state index < -0.39 is 5.97 Å². The minimum absolute atomic E-state index is 0.126. The van der Waals surface area contributed by atoms with Crippen molar-refractivity contribution in [3.05, 3.63) is 46.2 Å². The van der Waals surface area contributed by atoms with Crippen LogP contribution in [0.1, 0.15) is 20.4 Å². The fourth-order valence-electron chi connectivity index (χ4n) is 1.17. The van der Waals surface area contributed by atoms with Crippen molar-refractivity contribution in [3.63, 3.8) is 0 Å². The number of pyridine rings is 1. The van der Waals surface area contributed by atoms with Gasteiger partial charge in [0.15, 0.2) is 0 Å². The van der Waals surface area contributed by atoms with Gasteiger partial charge in [-0.25, -0.2) is 9.78 Å². The highest BCUT2D eigenvalue weighted by atomic mass is 32.1. The standard InChI is InChI=1S/C10H8N2O2S/c13-10(14)9-12-6-8(15-9)5-7-3-1-2-4-11-7/h1-4,6H,5H2,(H,13,14). The Morgan fingerprint density at radius 3 is 2.87 bits per heavy atom. The first kappa shape index (κ1) is 9.79. The first-order valence-electron chi connectivity index (χ1n) is 4.33. The van der Waals surface area contributed by atoms with E-state index in [0.717, 1.165) is 10.6 Å². The average Bonchev–Trinajstić information content (AvgIpc) is 2.68. The van der Waals surface area contributed by atoms with E-state index in [1.54, 1.807) is 12.4 Å². The Hall–Kier alpha value is -1.75. The van der Waals surface area contributed by atoms with Gasteiger partial charge < -0.3 is 5.11 Å². The minimum Gasteiger partial charge on any atom is -0.476 e. The quantitative estimate of drug-likeness (QED) is 0.857. The summed E-state index contributed by atoms with van der Waals surface area (Å²) in [5.41, 5.74) is 0.915.